The Kier molecular flexibility index (Phi) is 7.24. The average molecular weight is 509 g/mol. The van der Waals surface area contributed by atoms with E-state index in [0.29, 0.717) is 17.7 Å². The standard InChI is InChI=1S/C30H32N6O2/c1-4-12-31-13-14-32-30(38)28-19(2)27(34-20(28)3)16-25-24-15-21(10-11-26(24)35-29(25)37)22-17-33-36(18-22)23-8-6-5-7-9-23/h5-11,15-18,31,34H,4,12-14H2,1-3H3,(H,32,38)(H,35,37)/b25-16-. The summed E-state index contributed by atoms with van der Waals surface area (Å²) < 4.78 is 1.83. The number of para-hydroxylation sites is 1. The van der Waals surface area contributed by atoms with Gasteiger partial charge in [0.15, 0.2) is 0 Å². The Hall–Kier alpha value is -4.43. The molecule has 0 radical (unpaired) electrons. The molecule has 0 fully saturated rings. The summed E-state index contributed by atoms with van der Waals surface area (Å²) >= 11 is 0. The number of fused-ring (bicyclic) bond motifs is 1. The minimum Gasteiger partial charge on any atom is -0.358 e. The number of aromatic amines is 1. The number of anilines is 1. The van der Waals surface area contributed by atoms with Crippen molar-refractivity contribution in [2.24, 2.45) is 0 Å². The van der Waals surface area contributed by atoms with Gasteiger partial charge < -0.3 is 20.9 Å². The molecule has 194 valence electrons. The fraction of sp³-hybridized carbons (Fsp3) is 0.233. The van der Waals surface area contributed by atoms with Crippen molar-refractivity contribution < 1.29 is 9.59 Å². The third-order valence-electron chi connectivity index (χ3n) is 6.75. The van der Waals surface area contributed by atoms with Crippen LogP contribution in [0.4, 0.5) is 5.69 Å². The summed E-state index contributed by atoms with van der Waals surface area (Å²) in [7, 11) is 0. The summed E-state index contributed by atoms with van der Waals surface area (Å²) in [6.07, 6.45) is 6.69. The monoisotopic (exact) mass is 508 g/mol. The van der Waals surface area contributed by atoms with Crippen LogP contribution < -0.4 is 16.0 Å². The van der Waals surface area contributed by atoms with E-state index in [0.717, 1.165) is 64.5 Å². The summed E-state index contributed by atoms with van der Waals surface area (Å²) in [5.41, 5.74) is 7.98. The van der Waals surface area contributed by atoms with Crippen LogP contribution in [0.3, 0.4) is 0 Å². The first-order valence-electron chi connectivity index (χ1n) is 12.9. The van der Waals surface area contributed by atoms with E-state index in [9.17, 15) is 9.59 Å². The number of H-pyrrole nitrogens is 1. The second-order valence-corrected chi connectivity index (χ2v) is 9.45. The largest absolute Gasteiger partial charge is 0.358 e. The first-order valence-corrected chi connectivity index (χ1v) is 12.9. The zero-order valence-electron chi connectivity index (χ0n) is 21.9. The number of nitrogens with zero attached hydrogens (tertiary/aromatic N) is 2. The lowest BCUT2D eigenvalue weighted by molar-refractivity contribution is -0.110. The maximum Gasteiger partial charge on any atom is 0.256 e. The molecule has 4 aromatic rings. The predicted octanol–water partition coefficient (Wildman–Crippen LogP) is 4.71. The second-order valence-electron chi connectivity index (χ2n) is 9.45. The molecule has 8 heteroatoms. The fourth-order valence-electron chi connectivity index (χ4n) is 4.76. The minimum atomic E-state index is -0.170. The molecule has 5 rings (SSSR count). The molecule has 38 heavy (non-hydrogen) atoms. The Morgan fingerprint density at radius 2 is 1.87 bits per heavy atom. The van der Waals surface area contributed by atoms with Crippen LogP contribution in [-0.4, -0.2) is 46.2 Å². The van der Waals surface area contributed by atoms with Crippen LogP contribution in [0.2, 0.25) is 0 Å². The fourth-order valence-corrected chi connectivity index (χ4v) is 4.76. The van der Waals surface area contributed by atoms with Gasteiger partial charge in [-0.05, 0) is 68.3 Å². The Morgan fingerprint density at radius 1 is 1.05 bits per heavy atom. The quantitative estimate of drug-likeness (QED) is 0.194. The molecule has 0 spiro atoms. The van der Waals surface area contributed by atoms with Gasteiger partial charge in [0.25, 0.3) is 11.8 Å². The first kappa shape index (κ1) is 25.2. The van der Waals surface area contributed by atoms with Crippen LogP contribution in [0.5, 0.6) is 0 Å². The van der Waals surface area contributed by atoms with E-state index in [1.807, 2.05) is 85.5 Å². The number of hydrogen-bond donors (Lipinski definition) is 4. The number of amides is 2. The van der Waals surface area contributed by atoms with Crippen molar-refractivity contribution in [2.75, 3.05) is 25.0 Å². The topological polar surface area (TPSA) is 104 Å². The first-order chi connectivity index (χ1) is 18.5. The predicted molar refractivity (Wildman–Crippen MR) is 151 cm³/mol. The molecule has 3 heterocycles. The summed E-state index contributed by atoms with van der Waals surface area (Å²) in [6.45, 7) is 8.10. The molecule has 8 nitrogen and oxygen atoms in total. The van der Waals surface area contributed by atoms with E-state index < -0.39 is 0 Å². The number of nitrogens with one attached hydrogen (secondary N) is 4. The molecule has 2 amide bonds. The van der Waals surface area contributed by atoms with Crippen LogP contribution in [0.15, 0.2) is 60.9 Å². The molecule has 0 saturated carbocycles. The molecule has 0 aliphatic carbocycles. The van der Waals surface area contributed by atoms with E-state index >= 15 is 0 Å². The van der Waals surface area contributed by atoms with Gasteiger partial charge in [0.1, 0.15) is 0 Å². The number of aromatic nitrogens is 3. The maximum atomic E-state index is 12.9. The molecule has 4 N–H and O–H groups in total. The Morgan fingerprint density at radius 3 is 2.66 bits per heavy atom. The summed E-state index contributed by atoms with van der Waals surface area (Å²) in [6, 6.07) is 15.8. The summed E-state index contributed by atoms with van der Waals surface area (Å²) in [4.78, 5) is 29.1. The van der Waals surface area contributed by atoms with Gasteiger partial charge >= 0.3 is 0 Å². The summed E-state index contributed by atoms with van der Waals surface area (Å²) in [5, 5.41) is 13.7. The van der Waals surface area contributed by atoms with E-state index in [-0.39, 0.29) is 11.8 Å². The van der Waals surface area contributed by atoms with Crippen LogP contribution in [0, 0.1) is 13.8 Å². The molecule has 0 unspecified atom stereocenters. The molecule has 0 saturated heterocycles. The van der Waals surface area contributed by atoms with E-state index in [4.69, 9.17) is 0 Å². The zero-order chi connectivity index (χ0) is 26.6. The molecular formula is C30H32N6O2. The number of carbonyl (C=O) groups excluding carboxylic acids is 2. The molecule has 2 aromatic heterocycles. The smallest absolute Gasteiger partial charge is 0.256 e. The van der Waals surface area contributed by atoms with E-state index in [2.05, 4.69) is 33.0 Å². The highest BCUT2D eigenvalue weighted by molar-refractivity contribution is 6.35. The van der Waals surface area contributed by atoms with Gasteiger partial charge in [-0.2, -0.15) is 5.10 Å². The third-order valence-corrected chi connectivity index (χ3v) is 6.75. The average Bonchev–Trinajstić information content (AvgIpc) is 3.60. The van der Waals surface area contributed by atoms with Crippen LogP contribution in [-0.2, 0) is 4.79 Å². The maximum absolute atomic E-state index is 12.9. The highest BCUT2D eigenvalue weighted by Crippen LogP contribution is 2.37. The van der Waals surface area contributed by atoms with E-state index in [1.54, 1.807) is 0 Å². The lowest BCUT2D eigenvalue weighted by Crippen LogP contribution is -2.32. The number of aryl methyl sites for hydroxylation is 1. The Bertz CT molecular complexity index is 1510. The van der Waals surface area contributed by atoms with Crippen molar-refractivity contribution in [3.63, 3.8) is 0 Å². The normalized spacial score (nSPS) is 13.6. The molecule has 1 aliphatic heterocycles. The third kappa shape index (κ3) is 5.03. The highest BCUT2D eigenvalue weighted by Gasteiger charge is 2.26. The van der Waals surface area contributed by atoms with Gasteiger partial charge in [-0.15, -0.1) is 0 Å². The minimum absolute atomic E-state index is 0.117. The van der Waals surface area contributed by atoms with Crippen molar-refractivity contribution in [1.29, 1.82) is 0 Å². The summed E-state index contributed by atoms with van der Waals surface area (Å²) in [5.74, 6) is -0.287. The van der Waals surface area contributed by atoms with Crippen LogP contribution >= 0.6 is 0 Å². The van der Waals surface area contributed by atoms with Crippen molar-refractivity contribution in [1.82, 2.24) is 25.4 Å². The van der Waals surface area contributed by atoms with Gasteiger partial charge in [0.2, 0.25) is 0 Å². The zero-order valence-corrected chi connectivity index (χ0v) is 21.9. The van der Waals surface area contributed by atoms with Crippen LogP contribution in [0.25, 0.3) is 28.5 Å². The van der Waals surface area contributed by atoms with Gasteiger partial charge in [-0.3, -0.25) is 9.59 Å². The molecule has 0 bridgehead atoms. The number of rotatable bonds is 9. The van der Waals surface area contributed by atoms with Gasteiger partial charge in [-0.25, -0.2) is 4.68 Å². The van der Waals surface area contributed by atoms with Gasteiger partial charge in [0, 0.05) is 47.5 Å². The van der Waals surface area contributed by atoms with Gasteiger partial charge in [0.05, 0.1) is 23.0 Å². The van der Waals surface area contributed by atoms with Crippen molar-refractivity contribution >= 4 is 29.2 Å². The van der Waals surface area contributed by atoms with E-state index in [1.165, 1.54) is 0 Å². The van der Waals surface area contributed by atoms with Crippen molar-refractivity contribution in [2.45, 2.75) is 27.2 Å². The number of benzene rings is 2. The molecule has 0 atom stereocenters. The molecule has 1 aliphatic rings. The molecular weight excluding hydrogens is 476 g/mol. The second kappa shape index (κ2) is 10.9. The Balaban J connectivity index is 1.41. The van der Waals surface area contributed by atoms with Crippen molar-refractivity contribution in [3.05, 3.63) is 89.0 Å². The van der Waals surface area contributed by atoms with Crippen LogP contribution in [0.1, 0.15) is 46.2 Å². The van der Waals surface area contributed by atoms with Gasteiger partial charge in [-0.1, -0.05) is 31.2 Å². The number of carbonyl (C=O) groups is 2. The highest BCUT2D eigenvalue weighted by atomic mass is 16.2. The Labute approximate surface area is 222 Å². The lowest BCUT2D eigenvalue weighted by atomic mass is 10.00. The SMILES string of the molecule is CCCNCCNC(=O)c1c(C)[nH]c(/C=C2\C(=O)Nc3ccc(-c4cnn(-c5ccccc5)c4)cc32)c1C. The molecule has 2 aromatic carbocycles. The lowest BCUT2D eigenvalue weighted by Gasteiger charge is -2.07. The number of hydrogen-bond acceptors (Lipinski definition) is 4. The van der Waals surface area contributed by atoms with Crippen molar-refractivity contribution in [3.8, 4) is 16.8 Å².